The summed E-state index contributed by atoms with van der Waals surface area (Å²) in [4.78, 5) is 22.1. The molecule has 7 rings (SSSR count). The maximum atomic E-state index is 12.7. The van der Waals surface area contributed by atoms with Crippen LogP contribution in [0.2, 0.25) is 0 Å². The molecule has 1 aliphatic carbocycles. The van der Waals surface area contributed by atoms with Gasteiger partial charge in [0.05, 0.1) is 22.0 Å². The van der Waals surface area contributed by atoms with Gasteiger partial charge < -0.3 is 29.2 Å². The normalized spacial score (nSPS) is 13.1. The van der Waals surface area contributed by atoms with Crippen molar-refractivity contribution in [3.05, 3.63) is 184 Å². The van der Waals surface area contributed by atoms with Crippen LogP contribution in [0.5, 0.6) is 34.5 Å². The van der Waals surface area contributed by atoms with Crippen molar-refractivity contribution in [2.45, 2.75) is 130 Å². The van der Waals surface area contributed by atoms with E-state index in [1.807, 2.05) is 0 Å². The molecule has 1 aliphatic rings. The Morgan fingerprint density at radius 2 is 0.653 bits per heavy atom. The summed E-state index contributed by atoms with van der Waals surface area (Å²) in [6.07, 6.45) is 1.24. The van der Waals surface area contributed by atoms with Crippen LogP contribution >= 0.6 is 0 Å². The molecule has 8 bridgehead atoms. The standard InChI is InChI=1S/C60H70N2O10/c1-57(2,3)45-27-37-23-41-31-47(59(7,8)9)33-43(55(41)71-21-19-69-51-17-13-15-49(35-51)61(65)66)25-39-29-46(58(4,5)6)30-40(54(39)64)26-44-34-48(60(10,11)12)32-42(24-38(28-45)53(37)63)56(44)72-22-20-70-52-18-14-16-50(36-52)62(67)68/h13-18,27-36,63-64H,19-26H2,1-12H3. The Labute approximate surface area is 424 Å². The number of benzene rings is 6. The molecule has 0 spiro atoms. The number of fused-ring (bicyclic) bond motifs is 8. The molecule has 0 atom stereocenters. The van der Waals surface area contributed by atoms with Gasteiger partial charge in [0.15, 0.2) is 0 Å². The highest BCUT2D eigenvalue weighted by molar-refractivity contribution is 5.59. The summed E-state index contributed by atoms with van der Waals surface area (Å²) in [6, 6.07) is 29.1. The van der Waals surface area contributed by atoms with Gasteiger partial charge in [0.2, 0.25) is 0 Å². The van der Waals surface area contributed by atoms with Crippen molar-refractivity contribution in [2.75, 3.05) is 26.4 Å². The van der Waals surface area contributed by atoms with Gasteiger partial charge in [-0.05, 0) is 101 Å². The van der Waals surface area contributed by atoms with Crippen LogP contribution in [0, 0.1) is 20.2 Å². The first-order valence-electron chi connectivity index (χ1n) is 24.7. The number of nitro benzene ring substituents is 2. The van der Waals surface area contributed by atoms with Gasteiger partial charge >= 0.3 is 0 Å². The van der Waals surface area contributed by atoms with E-state index in [0.29, 0.717) is 48.7 Å². The summed E-state index contributed by atoms with van der Waals surface area (Å²) in [5.74, 6) is 2.27. The molecule has 0 heterocycles. The van der Waals surface area contributed by atoms with E-state index in [0.717, 1.165) is 66.8 Å². The number of nitro groups is 2. The molecule has 0 aromatic heterocycles. The fourth-order valence-electron chi connectivity index (χ4n) is 9.00. The van der Waals surface area contributed by atoms with Gasteiger partial charge in [-0.3, -0.25) is 20.2 Å². The van der Waals surface area contributed by atoms with Gasteiger partial charge in [-0.2, -0.15) is 0 Å². The van der Waals surface area contributed by atoms with Crippen LogP contribution in [0.3, 0.4) is 0 Å². The number of ether oxygens (including phenoxy) is 4. The molecule has 0 saturated carbocycles. The molecule has 0 radical (unpaired) electrons. The summed E-state index contributed by atoms with van der Waals surface area (Å²) < 4.78 is 25.6. The van der Waals surface area contributed by atoms with Crippen LogP contribution in [0.1, 0.15) is 150 Å². The third-order valence-electron chi connectivity index (χ3n) is 13.3. The van der Waals surface area contributed by atoms with Crippen LogP contribution in [0.4, 0.5) is 11.4 Å². The zero-order valence-electron chi connectivity index (χ0n) is 43.9. The largest absolute Gasteiger partial charge is 0.507 e. The molecule has 12 heteroatoms. The van der Waals surface area contributed by atoms with E-state index in [-0.39, 0.29) is 71.0 Å². The number of phenolic OH excluding ortho intramolecular Hbond substituents is 2. The first-order valence-corrected chi connectivity index (χ1v) is 24.7. The molecule has 2 N–H and O–H groups in total. The second-order valence-electron chi connectivity index (χ2n) is 23.1. The molecule has 6 aromatic carbocycles. The predicted octanol–water partition coefficient (Wildman–Crippen LogP) is 13.7. The number of aromatic hydroxyl groups is 2. The minimum Gasteiger partial charge on any atom is -0.507 e. The number of hydrogen-bond donors (Lipinski definition) is 2. The molecule has 72 heavy (non-hydrogen) atoms. The van der Waals surface area contributed by atoms with Crippen molar-refractivity contribution in [3.63, 3.8) is 0 Å². The molecule has 0 saturated heterocycles. The molecule has 0 fully saturated rings. The van der Waals surface area contributed by atoms with Crippen molar-refractivity contribution in [2.24, 2.45) is 0 Å². The number of rotatable bonds is 12. The van der Waals surface area contributed by atoms with Gasteiger partial charge in [0.25, 0.3) is 11.4 Å². The van der Waals surface area contributed by atoms with Crippen molar-refractivity contribution >= 4 is 11.4 Å². The van der Waals surface area contributed by atoms with Crippen molar-refractivity contribution in [1.82, 2.24) is 0 Å². The number of non-ortho nitro benzene ring substituents is 2. The predicted molar refractivity (Wildman–Crippen MR) is 283 cm³/mol. The zero-order valence-corrected chi connectivity index (χ0v) is 43.9. The Morgan fingerprint density at radius 1 is 0.403 bits per heavy atom. The number of phenols is 2. The van der Waals surface area contributed by atoms with E-state index in [1.165, 1.54) is 24.3 Å². The molecule has 0 unspecified atom stereocenters. The Kier molecular flexibility index (Phi) is 15.1. The summed E-state index contributed by atoms with van der Waals surface area (Å²) in [7, 11) is 0. The lowest BCUT2D eigenvalue weighted by Crippen LogP contribution is -2.18. The van der Waals surface area contributed by atoms with E-state index in [4.69, 9.17) is 18.9 Å². The van der Waals surface area contributed by atoms with Gasteiger partial charge in [-0.1, -0.05) is 144 Å². The fraction of sp³-hybridized carbons (Fsp3) is 0.400. The molecular weight excluding hydrogens is 909 g/mol. The van der Waals surface area contributed by atoms with Gasteiger partial charge in [0.1, 0.15) is 60.9 Å². The average Bonchev–Trinajstić information content (AvgIpc) is 3.28. The molecular formula is C60H70N2O10. The van der Waals surface area contributed by atoms with Crippen LogP contribution in [-0.4, -0.2) is 46.5 Å². The molecule has 0 aliphatic heterocycles. The number of nitrogens with zero attached hydrogens (tertiary/aromatic N) is 2. The highest BCUT2D eigenvalue weighted by Gasteiger charge is 2.29. The highest BCUT2D eigenvalue weighted by atomic mass is 16.6. The Balaban J connectivity index is 1.43. The molecule has 380 valence electrons. The maximum absolute atomic E-state index is 12.7. The van der Waals surface area contributed by atoms with E-state index < -0.39 is 9.85 Å². The van der Waals surface area contributed by atoms with Gasteiger partial charge in [-0.15, -0.1) is 0 Å². The van der Waals surface area contributed by atoms with Crippen LogP contribution in [0.25, 0.3) is 0 Å². The van der Waals surface area contributed by atoms with E-state index >= 15 is 0 Å². The second kappa shape index (κ2) is 20.6. The van der Waals surface area contributed by atoms with Crippen molar-refractivity contribution in [3.8, 4) is 34.5 Å². The highest BCUT2D eigenvalue weighted by Crippen LogP contribution is 2.44. The first-order chi connectivity index (χ1) is 33.6. The second-order valence-corrected chi connectivity index (χ2v) is 23.1. The average molecular weight is 979 g/mol. The van der Waals surface area contributed by atoms with E-state index in [1.54, 1.807) is 24.3 Å². The van der Waals surface area contributed by atoms with Crippen molar-refractivity contribution in [1.29, 1.82) is 0 Å². The van der Waals surface area contributed by atoms with Crippen LogP contribution < -0.4 is 18.9 Å². The molecule has 6 aromatic rings. The van der Waals surface area contributed by atoms with E-state index in [9.17, 15) is 30.4 Å². The topological polar surface area (TPSA) is 164 Å². The van der Waals surface area contributed by atoms with Crippen LogP contribution in [0.15, 0.2) is 97.1 Å². The minimum absolute atomic E-state index is 0.0700. The third kappa shape index (κ3) is 12.5. The summed E-state index contributed by atoms with van der Waals surface area (Å²) in [5.41, 5.74) is 9.18. The summed E-state index contributed by atoms with van der Waals surface area (Å²) >= 11 is 0. The number of hydrogen-bond acceptors (Lipinski definition) is 10. The monoisotopic (exact) mass is 979 g/mol. The lowest BCUT2D eigenvalue weighted by molar-refractivity contribution is -0.385. The summed E-state index contributed by atoms with van der Waals surface area (Å²) in [5, 5.41) is 48.4. The smallest absolute Gasteiger partial charge is 0.273 e. The minimum atomic E-state index is -0.456. The fourth-order valence-corrected chi connectivity index (χ4v) is 9.00. The zero-order chi connectivity index (χ0) is 52.5. The summed E-state index contributed by atoms with van der Waals surface area (Å²) in [6.45, 7) is 26.4. The van der Waals surface area contributed by atoms with Gasteiger partial charge in [0, 0.05) is 37.8 Å². The Hall–Kier alpha value is -7.08. The van der Waals surface area contributed by atoms with Crippen LogP contribution in [-0.2, 0) is 47.3 Å². The third-order valence-corrected chi connectivity index (χ3v) is 13.3. The maximum Gasteiger partial charge on any atom is 0.273 e. The quantitative estimate of drug-likeness (QED) is 0.0684. The molecule has 12 nitrogen and oxygen atoms in total. The van der Waals surface area contributed by atoms with Gasteiger partial charge in [-0.25, -0.2) is 0 Å². The Morgan fingerprint density at radius 3 is 0.903 bits per heavy atom. The Bertz CT molecular complexity index is 2700. The molecule has 0 amide bonds. The van der Waals surface area contributed by atoms with E-state index in [2.05, 4.69) is 132 Å². The lowest BCUT2D eigenvalue weighted by Gasteiger charge is -2.28. The lowest BCUT2D eigenvalue weighted by atomic mass is 9.79. The SMILES string of the molecule is CC(C)(C)c1cc2c(O)c(c1)Cc1cc(C(C)(C)C)cc(c1OCCOc1cccc([N+](=O)[O-])c1)Cc1cc(C(C)(C)C)cc(c1O)Cc1cc(C(C)(C)C)cc(c1OCCOc1cccc([N+](=O)[O-])c1)C2. The van der Waals surface area contributed by atoms with Crippen molar-refractivity contribution < 1.29 is 39.0 Å². The first kappa shape index (κ1) is 52.7.